The van der Waals surface area contributed by atoms with E-state index in [9.17, 15) is 14.0 Å². The molecular weight excluding hydrogens is 453 g/mol. The number of carbonyl (C=O) groups excluding carboxylic acids is 2. The van der Waals surface area contributed by atoms with Crippen LogP contribution in [0.1, 0.15) is 29.0 Å². The van der Waals surface area contributed by atoms with E-state index in [-0.39, 0.29) is 40.8 Å². The number of ether oxygens (including phenoxy) is 1. The van der Waals surface area contributed by atoms with Crippen molar-refractivity contribution in [2.24, 2.45) is 0 Å². The number of amides is 2. The second kappa shape index (κ2) is 10.2. The highest BCUT2D eigenvalue weighted by Gasteiger charge is 2.26. The van der Waals surface area contributed by atoms with Crippen LogP contribution in [0.3, 0.4) is 0 Å². The second-order valence-electron chi connectivity index (χ2n) is 8.01. The van der Waals surface area contributed by atoms with Gasteiger partial charge in [-0.05, 0) is 49.6 Å². The maximum absolute atomic E-state index is 14.9. The molecule has 0 spiro atoms. The highest BCUT2D eigenvalue weighted by atomic mass is 19.1. The normalized spacial score (nSPS) is 15.4. The molecule has 0 saturated carbocycles. The number of likely N-dealkylation sites (tertiary alicyclic amines) is 1. The predicted octanol–water partition coefficient (Wildman–Crippen LogP) is 2.66. The van der Waals surface area contributed by atoms with Crippen molar-refractivity contribution in [3.05, 3.63) is 66.6 Å². The minimum Gasteiger partial charge on any atom is -0.421 e. The number of anilines is 1. The molecule has 1 aliphatic heterocycles. The highest BCUT2D eigenvalue weighted by Crippen LogP contribution is 2.32. The molecule has 2 aromatic heterocycles. The molecular formula is C24H24FN7O3. The van der Waals surface area contributed by atoms with Crippen molar-refractivity contribution < 1.29 is 18.7 Å². The molecule has 3 aromatic rings. The van der Waals surface area contributed by atoms with Crippen LogP contribution in [-0.4, -0.2) is 55.8 Å². The van der Waals surface area contributed by atoms with Gasteiger partial charge in [0.05, 0.1) is 5.56 Å². The number of halogens is 1. The van der Waals surface area contributed by atoms with Gasteiger partial charge in [-0.3, -0.25) is 9.59 Å². The Morgan fingerprint density at radius 1 is 1.29 bits per heavy atom. The zero-order valence-corrected chi connectivity index (χ0v) is 19.1. The first-order valence-corrected chi connectivity index (χ1v) is 11.0. The lowest BCUT2D eigenvalue weighted by molar-refractivity contribution is -0.127. The first-order valence-electron chi connectivity index (χ1n) is 11.0. The van der Waals surface area contributed by atoms with Gasteiger partial charge in [-0.15, -0.1) is 0 Å². The quantitative estimate of drug-likeness (QED) is 0.517. The monoisotopic (exact) mass is 477 g/mol. The Morgan fingerprint density at radius 2 is 2.11 bits per heavy atom. The van der Waals surface area contributed by atoms with Gasteiger partial charge in [-0.2, -0.15) is 0 Å². The zero-order chi connectivity index (χ0) is 24.9. The van der Waals surface area contributed by atoms with E-state index in [0.717, 1.165) is 6.42 Å². The maximum Gasteiger partial charge on any atom is 0.322 e. The highest BCUT2D eigenvalue weighted by molar-refractivity contribution is 6.01. The van der Waals surface area contributed by atoms with Crippen molar-refractivity contribution in [1.82, 2.24) is 30.2 Å². The third kappa shape index (κ3) is 5.40. The van der Waals surface area contributed by atoms with Crippen molar-refractivity contribution in [3.63, 3.8) is 0 Å². The average molecular weight is 478 g/mol. The van der Waals surface area contributed by atoms with Crippen LogP contribution in [0, 0.1) is 12.7 Å². The Labute approximate surface area is 201 Å². The largest absolute Gasteiger partial charge is 0.421 e. The Kier molecular flexibility index (Phi) is 6.95. The molecule has 0 radical (unpaired) electrons. The van der Waals surface area contributed by atoms with Crippen LogP contribution in [-0.2, 0) is 4.79 Å². The van der Waals surface area contributed by atoms with Crippen LogP contribution in [0.25, 0.3) is 11.1 Å². The number of hydrogen-bond acceptors (Lipinski definition) is 8. The Bertz CT molecular complexity index is 1280. The molecule has 1 aliphatic rings. The van der Waals surface area contributed by atoms with Crippen LogP contribution >= 0.6 is 0 Å². The Balaban J connectivity index is 1.57. The number of benzene rings is 1. The van der Waals surface area contributed by atoms with Crippen LogP contribution < -0.4 is 15.8 Å². The molecule has 1 unspecified atom stereocenters. The molecule has 1 aromatic carbocycles. The Morgan fingerprint density at radius 3 is 2.86 bits per heavy atom. The van der Waals surface area contributed by atoms with E-state index < -0.39 is 11.7 Å². The van der Waals surface area contributed by atoms with Crippen molar-refractivity contribution in [2.45, 2.75) is 25.8 Å². The van der Waals surface area contributed by atoms with Gasteiger partial charge in [0.25, 0.3) is 5.91 Å². The van der Waals surface area contributed by atoms with E-state index in [1.807, 2.05) is 0 Å². The molecule has 4 rings (SSSR count). The van der Waals surface area contributed by atoms with E-state index in [1.54, 1.807) is 24.0 Å². The van der Waals surface area contributed by atoms with E-state index in [4.69, 9.17) is 10.5 Å². The lowest BCUT2D eigenvalue weighted by Crippen LogP contribution is -2.49. The smallest absolute Gasteiger partial charge is 0.322 e. The van der Waals surface area contributed by atoms with E-state index >= 15 is 0 Å². The van der Waals surface area contributed by atoms with Crippen LogP contribution in [0.4, 0.5) is 10.2 Å². The van der Waals surface area contributed by atoms with E-state index in [1.165, 1.54) is 30.7 Å². The number of nitrogens with one attached hydrogen (secondary N) is 1. The summed E-state index contributed by atoms with van der Waals surface area (Å²) in [7, 11) is 0. The maximum atomic E-state index is 14.9. The van der Waals surface area contributed by atoms with Gasteiger partial charge >= 0.3 is 6.01 Å². The van der Waals surface area contributed by atoms with Crippen molar-refractivity contribution in [3.8, 4) is 22.9 Å². The lowest BCUT2D eigenvalue weighted by Gasteiger charge is -2.32. The van der Waals surface area contributed by atoms with Gasteiger partial charge in [-0.25, -0.2) is 24.3 Å². The average Bonchev–Trinajstić information content (AvgIpc) is 2.85. The van der Waals surface area contributed by atoms with Crippen LogP contribution in [0.5, 0.6) is 11.8 Å². The summed E-state index contributed by atoms with van der Waals surface area (Å²) in [5.41, 5.74) is 7.23. The summed E-state index contributed by atoms with van der Waals surface area (Å²) in [4.78, 5) is 42.8. The molecule has 1 atom stereocenters. The molecule has 10 nitrogen and oxygen atoms in total. The number of aryl methyl sites for hydroxylation is 1. The molecule has 35 heavy (non-hydrogen) atoms. The summed E-state index contributed by atoms with van der Waals surface area (Å²) in [5, 5.41) is 2.90. The molecule has 3 heterocycles. The lowest BCUT2D eigenvalue weighted by atomic mass is 10.0. The topological polar surface area (TPSA) is 136 Å². The molecule has 3 N–H and O–H groups in total. The fourth-order valence-electron chi connectivity index (χ4n) is 3.85. The number of hydrogen-bond donors (Lipinski definition) is 2. The van der Waals surface area contributed by atoms with Gasteiger partial charge in [0.2, 0.25) is 5.91 Å². The minimum atomic E-state index is -0.701. The third-order valence-corrected chi connectivity index (χ3v) is 5.53. The first-order chi connectivity index (χ1) is 16.9. The fourth-order valence-corrected chi connectivity index (χ4v) is 3.85. The molecule has 2 amide bonds. The second-order valence-corrected chi connectivity index (χ2v) is 8.01. The molecule has 1 fully saturated rings. The van der Waals surface area contributed by atoms with Crippen molar-refractivity contribution in [1.29, 1.82) is 0 Å². The zero-order valence-electron chi connectivity index (χ0n) is 19.1. The van der Waals surface area contributed by atoms with Gasteiger partial charge in [0, 0.05) is 31.0 Å². The Hall–Kier alpha value is -4.41. The van der Waals surface area contributed by atoms with Gasteiger partial charge in [-0.1, -0.05) is 12.6 Å². The molecule has 1 saturated heterocycles. The molecule has 180 valence electrons. The van der Waals surface area contributed by atoms with Crippen LogP contribution in [0.15, 0.2) is 49.4 Å². The number of nitrogen functional groups attached to an aromatic ring is 1. The molecule has 11 heteroatoms. The number of nitrogens with zero attached hydrogens (tertiary/aromatic N) is 5. The van der Waals surface area contributed by atoms with E-state index in [2.05, 4.69) is 31.8 Å². The summed E-state index contributed by atoms with van der Waals surface area (Å²) in [6.07, 6.45) is 5.37. The summed E-state index contributed by atoms with van der Waals surface area (Å²) in [6.45, 7) is 6.23. The summed E-state index contributed by atoms with van der Waals surface area (Å²) < 4.78 is 20.4. The fraction of sp³-hybridized carbons (Fsp3) is 0.250. The number of rotatable bonds is 6. The minimum absolute atomic E-state index is 0.000225. The summed E-state index contributed by atoms with van der Waals surface area (Å²) >= 11 is 0. The SMILES string of the molecule is C=CC(=O)N1CCCC(NC(=O)c2ncnc(N)c2-c2ccc(Oc3nccc(C)n3)c(F)c2)C1. The predicted molar refractivity (Wildman–Crippen MR) is 126 cm³/mol. The van der Waals surface area contributed by atoms with Gasteiger partial charge in [0.15, 0.2) is 11.6 Å². The first kappa shape index (κ1) is 23.7. The number of carbonyl (C=O) groups is 2. The van der Waals surface area contributed by atoms with Crippen LogP contribution in [0.2, 0.25) is 0 Å². The van der Waals surface area contributed by atoms with E-state index in [0.29, 0.717) is 30.8 Å². The number of nitrogens with two attached hydrogens (primary N) is 1. The van der Waals surface area contributed by atoms with Crippen molar-refractivity contribution in [2.75, 3.05) is 18.8 Å². The third-order valence-electron chi connectivity index (χ3n) is 5.53. The van der Waals surface area contributed by atoms with Gasteiger partial charge < -0.3 is 20.7 Å². The van der Waals surface area contributed by atoms with Crippen molar-refractivity contribution >= 4 is 17.6 Å². The molecule has 0 bridgehead atoms. The molecule has 0 aliphatic carbocycles. The van der Waals surface area contributed by atoms with Gasteiger partial charge in [0.1, 0.15) is 17.8 Å². The number of piperidine rings is 1. The summed E-state index contributed by atoms with van der Waals surface area (Å²) in [5.74, 6) is -1.46. The number of aromatic nitrogens is 4. The summed E-state index contributed by atoms with van der Waals surface area (Å²) in [6, 6.07) is 5.55. The standard InChI is InChI=1S/C24H24FN7O3/c1-3-19(33)32-10-4-5-16(12-32)31-23(34)21-20(22(26)29-13-28-21)15-6-7-18(17(25)11-15)35-24-27-9-8-14(2)30-24/h3,6-9,11,13,16H,1,4-5,10,12H2,2H3,(H,31,34)(H2,26,28,29).